The van der Waals surface area contributed by atoms with Gasteiger partial charge in [0, 0.05) is 12.7 Å². The highest BCUT2D eigenvalue weighted by molar-refractivity contribution is 7.92. The van der Waals surface area contributed by atoms with Crippen molar-refractivity contribution in [2.75, 3.05) is 18.9 Å². The van der Waals surface area contributed by atoms with Gasteiger partial charge in [0.15, 0.2) is 9.84 Å². The summed E-state index contributed by atoms with van der Waals surface area (Å²) in [6.07, 6.45) is -4.70. The number of carbonyl (C=O) groups excluding carboxylic acids is 2. The number of halogens is 4. The van der Waals surface area contributed by atoms with Crippen molar-refractivity contribution in [1.82, 2.24) is 4.90 Å². The molecule has 0 bridgehead atoms. The van der Waals surface area contributed by atoms with Crippen molar-refractivity contribution >= 4 is 38.9 Å². The molecule has 0 spiro atoms. The number of hydrogen-bond acceptors (Lipinski definition) is 4. The molecule has 6 nitrogen and oxygen atoms in total. The normalized spacial score (nSPS) is 12.0. The summed E-state index contributed by atoms with van der Waals surface area (Å²) >= 11 is 5.55. The average Bonchev–Trinajstić information content (AvgIpc) is 2.67. The summed E-state index contributed by atoms with van der Waals surface area (Å²) in [4.78, 5) is 25.8. The summed E-state index contributed by atoms with van der Waals surface area (Å²) in [5.74, 6) is -1.49. The summed E-state index contributed by atoms with van der Waals surface area (Å²) < 4.78 is 63.9. The van der Waals surface area contributed by atoms with E-state index in [-0.39, 0.29) is 16.1 Å². The topological polar surface area (TPSA) is 83.6 Å². The molecule has 0 atom stereocenters. The van der Waals surface area contributed by atoms with Crippen LogP contribution in [0.2, 0.25) is 5.02 Å². The van der Waals surface area contributed by atoms with Crippen LogP contribution in [0, 0.1) is 0 Å². The van der Waals surface area contributed by atoms with Crippen molar-refractivity contribution in [3.8, 4) is 0 Å². The van der Waals surface area contributed by atoms with Gasteiger partial charge in [0.25, 0.3) is 5.91 Å². The van der Waals surface area contributed by atoms with Crippen molar-refractivity contribution in [3.63, 3.8) is 0 Å². The van der Waals surface area contributed by atoms with Gasteiger partial charge in [-0.25, -0.2) is 8.42 Å². The number of anilines is 1. The number of alkyl halides is 3. The van der Waals surface area contributed by atoms with Crippen molar-refractivity contribution in [2.24, 2.45) is 0 Å². The zero-order chi connectivity index (χ0) is 23.6. The Morgan fingerprint density at radius 2 is 1.74 bits per heavy atom. The van der Waals surface area contributed by atoms with Crippen LogP contribution in [0.25, 0.3) is 0 Å². The predicted octanol–water partition coefficient (Wildman–Crippen LogP) is 4.25. The van der Waals surface area contributed by atoms with Gasteiger partial charge in [0.2, 0.25) is 5.91 Å². The van der Waals surface area contributed by atoms with Gasteiger partial charge in [-0.2, -0.15) is 13.2 Å². The number of hydrogen-bond donors (Lipinski definition) is 1. The quantitative estimate of drug-likeness (QED) is 0.675. The Morgan fingerprint density at radius 1 is 1.13 bits per heavy atom. The second kappa shape index (κ2) is 9.27. The van der Waals surface area contributed by atoms with Crippen LogP contribution in [0.3, 0.4) is 0 Å². The smallest absolute Gasteiger partial charge is 0.332 e. The average molecular weight is 477 g/mol. The molecule has 0 radical (unpaired) electrons. The Bertz CT molecular complexity index is 1100. The van der Waals surface area contributed by atoms with Crippen molar-refractivity contribution < 1.29 is 31.2 Å². The monoisotopic (exact) mass is 476 g/mol. The number of benzene rings is 2. The van der Waals surface area contributed by atoms with Crippen LogP contribution in [-0.2, 0) is 20.8 Å². The Morgan fingerprint density at radius 3 is 2.32 bits per heavy atom. The minimum absolute atomic E-state index is 0.0997. The molecule has 0 heterocycles. The third-order valence-electron chi connectivity index (χ3n) is 4.33. The van der Waals surface area contributed by atoms with E-state index < -0.39 is 50.2 Å². The standard InChI is InChI=1S/C20H20ClF3N2O4S/c1-12(2)31(29,30)17-7-5-4-6-14(17)19(28)26(3)11-18(27)25-13-8-9-16(21)15(10-13)20(22,23)24/h4-10,12H,11H2,1-3H3,(H,25,27). The predicted molar refractivity (Wildman–Crippen MR) is 111 cm³/mol. The first-order valence-electron chi connectivity index (χ1n) is 9.00. The lowest BCUT2D eigenvalue weighted by atomic mass is 10.2. The molecule has 168 valence electrons. The fourth-order valence-corrected chi connectivity index (χ4v) is 4.12. The molecule has 2 aromatic carbocycles. The van der Waals surface area contributed by atoms with E-state index in [9.17, 15) is 31.2 Å². The van der Waals surface area contributed by atoms with Crippen LogP contribution in [0.1, 0.15) is 29.8 Å². The number of nitrogens with zero attached hydrogens (tertiary/aromatic N) is 1. The Hall–Kier alpha value is -2.59. The zero-order valence-electron chi connectivity index (χ0n) is 16.8. The lowest BCUT2D eigenvalue weighted by molar-refractivity contribution is -0.137. The molecule has 0 unspecified atom stereocenters. The Kier molecular flexibility index (Phi) is 7.38. The van der Waals surface area contributed by atoms with Gasteiger partial charge in [-0.15, -0.1) is 0 Å². The number of likely N-dealkylation sites (N-methyl/N-ethyl adjacent to an activating group) is 1. The van der Waals surface area contributed by atoms with Crippen LogP contribution in [0.5, 0.6) is 0 Å². The van der Waals surface area contributed by atoms with Crippen LogP contribution in [0.4, 0.5) is 18.9 Å². The molecule has 2 rings (SSSR count). The van der Waals surface area contributed by atoms with Gasteiger partial charge < -0.3 is 10.2 Å². The fraction of sp³-hybridized carbons (Fsp3) is 0.300. The number of sulfone groups is 1. The molecule has 2 aromatic rings. The van der Waals surface area contributed by atoms with Gasteiger partial charge in [-0.05, 0) is 44.2 Å². The van der Waals surface area contributed by atoms with E-state index in [0.717, 1.165) is 11.0 Å². The lowest BCUT2D eigenvalue weighted by Gasteiger charge is -2.19. The van der Waals surface area contributed by atoms with Crippen molar-refractivity contribution in [3.05, 3.63) is 58.6 Å². The highest BCUT2D eigenvalue weighted by atomic mass is 35.5. The zero-order valence-corrected chi connectivity index (χ0v) is 18.4. The SMILES string of the molecule is CC(C)S(=O)(=O)c1ccccc1C(=O)N(C)CC(=O)Nc1ccc(Cl)c(C(F)(F)F)c1. The van der Waals surface area contributed by atoms with E-state index in [1.165, 1.54) is 51.2 Å². The third kappa shape index (κ3) is 5.76. The van der Waals surface area contributed by atoms with E-state index in [1.807, 2.05) is 0 Å². The second-order valence-electron chi connectivity index (χ2n) is 6.99. The van der Waals surface area contributed by atoms with E-state index in [4.69, 9.17) is 11.6 Å². The highest BCUT2D eigenvalue weighted by Crippen LogP contribution is 2.36. The molecule has 0 saturated heterocycles. The molecular formula is C20H20ClF3N2O4S. The molecule has 0 aromatic heterocycles. The summed E-state index contributed by atoms with van der Waals surface area (Å²) in [5.41, 5.74) is -1.35. The van der Waals surface area contributed by atoms with E-state index in [1.54, 1.807) is 0 Å². The molecule has 0 fully saturated rings. The molecule has 0 aliphatic carbocycles. The van der Waals surface area contributed by atoms with Crippen molar-refractivity contribution in [1.29, 1.82) is 0 Å². The Labute approximate surface area is 182 Å². The second-order valence-corrected chi connectivity index (χ2v) is 9.87. The number of nitrogens with one attached hydrogen (secondary N) is 1. The molecule has 0 aliphatic rings. The van der Waals surface area contributed by atoms with Gasteiger partial charge in [0.1, 0.15) is 0 Å². The minimum atomic E-state index is -4.70. The first-order chi connectivity index (χ1) is 14.2. The van der Waals surface area contributed by atoms with E-state index in [0.29, 0.717) is 6.07 Å². The number of amides is 2. The summed E-state index contributed by atoms with van der Waals surface area (Å²) in [7, 11) is -2.47. The maximum atomic E-state index is 13.0. The molecule has 0 saturated carbocycles. The van der Waals surface area contributed by atoms with Crippen LogP contribution < -0.4 is 5.32 Å². The summed E-state index contributed by atoms with van der Waals surface area (Å²) in [6.45, 7) is 2.45. The third-order valence-corrected chi connectivity index (χ3v) is 6.87. The first kappa shape index (κ1) is 24.7. The molecule has 0 aliphatic heterocycles. The maximum Gasteiger partial charge on any atom is 0.417 e. The number of carbonyl (C=O) groups is 2. The maximum absolute atomic E-state index is 13.0. The molecule has 1 N–H and O–H groups in total. The van der Waals surface area contributed by atoms with Gasteiger partial charge in [-0.1, -0.05) is 23.7 Å². The molecule has 31 heavy (non-hydrogen) atoms. The molecule has 11 heteroatoms. The lowest BCUT2D eigenvalue weighted by Crippen LogP contribution is -2.35. The molecular weight excluding hydrogens is 457 g/mol. The van der Waals surface area contributed by atoms with Crippen LogP contribution in [0.15, 0.2) is 47.4 Å². The van der Waals surface area contributed by atoms with E-state index in [2.05, 4.69) is 5.32 Å². The number of rotatable bonds is 6. The fourth-order valence-electron chi connectivity index (χ4n) is 2.66. The van der Waals surface area contributed by atoms with Gasteiger partial charge in [-0.3, -0.25) is 9.59 Å². The van der Waals surface area contributed by atoms with Gasteiger partial charge in [0.05, 0.1) is 32.8 Å². The van der Waals surface area contributed by atoms with Crippen LogP contribution in [-0.4, -0.2) is 44.0 Å². The molecule has 2 amide bonds. The van der Waals surface area contributed by atoms with Gasteiger partial charge >= 0.3 is 6.18 Å². The van der Waals surface area contributed by atoms with Crippen molar-refractivity contribution in [2.45, 2.75) is 30.2 Å². The summed E-state index contributed by atoms with van der Waals surface area (Å²) in [6, 6.07) is 8.50. The first-order valence-corrected chi connectivity index (χ1v) is 10.9. The Balaban J connectivity index is 2.19. The highest BCUT2D eigenvalue weighted by Gasteiger charge is 2.33. The largest absolute Gasteiger partial charge is 0.417 e. The summed E-state index contributed by atoms with van der Waals surface area (Å²) in [5, 5.41) is 0.998. The van der Waals surface area contributed by atoms with E-state index >= 15 is 0 Å². The minimum Gasteiger partial charge on any atom is -0.332 e. The van der Waals surface area contributed by atoms with Crippen LogP contribution >= 0.6 is 11.6 Å².